The lowest BCUT2D eigenvalue weighted by atomic mass is 9.78. The Kier molecular flexibility index (Phi) is 3.45. The van der Waals surface area contributed by atoms with E-state index in [-0.39, 0.29) is 0 Å². The van der Waals surface area contributed by atoms with Crippen LogP contribution in [0.5, 0.6) is 0 Å². The summed E-state index contributed by atoms with van der Waals surface area (Å²) in [6, 6.07) is 0.627. The predicted molar refractivity (Wildman–Crippen MR) is 59.8 cm³/mol. The fourth-order valence-corrected chi connectivity index (χ4v) is 3.64. The summed E-state index contributed by atoms with van der Waals surface area (Å²) in [5.41, 5.74) is 6.34. The Morgan fingerprint density at radius 2 is 1.79 bits per heavy atom. The Hall–Kier alpha value is -0.0800. The minimum absolute atomic E-state index is 0.627. The van der Waals surface area contributed by atoms with Crippen molar-refractivity contribution in [1.82, 2.24) is 10.9 Å². The van der Waals surface area contributed by atoms with Gasteiger partial charge in [-0.05, 0) is 57.4 Å². The van der Waals surface area contributed by atoms with E-state index >= 15 is 0 Å². The molecule has 0 saturated heterocycles. The minimum Gasteiger partial charge on any atom is -0.261 e. The van der Waals surface area contributed by atoms with Crippen molar-refractivity contribution in [1.29, 1.82) is 0 Å². The van der Waals surface area contributed by atoms with Crippen LogP contribution in [0.2, 0.25) is 0 Å². The van der Waals surface area contributed by atoms with Gasteiger partial charge in [0.1, 0.15) is 0 Å². The molecule has 0 amide bonds. The summed E-state index contributed by atoms with van der Waals surface area (Å²) >= 11 is 0. The molecule has 2 aliphatic rings. The monoisotopic (exact) mass is 196 g/mol. The zero-order chi connectivity index (χ0) is 9.97. The first-order valence-electron chi connectivity index (χ1n) is 6.20. The van der Waals surface area contributed by atoms with Crippen LogP contribution >= 0.6 is 0 Å². The molecule has 0 aromatic heterocycles. The third-order valence-corrected chi connectivity index (χ3v) is 4.06. The van der Waals surface area contributed by atoms with Crippen molar-refractivity contribution in [3.8, 4) is 0 Å². The molecule has 3 unspecified atom stereocenters. The van der Waals surface area contributed by atoms with Gasteiger partial charge in [-0.3, -0.25) is 10.9 Å². The van der Waals surface area contributed by atoms with E-state index in [1.165, 1.54) is 32.1 Å². The molecule has 0 aromatic carbocycles. The average Bonchev–Trinajstić information content (AvgIpc) is 2.46. The minimum atomic E-state index is 0.627. The van der Waals surface area contributed by atoms with Gasteiger partial charge in [0, 0.05) is 6.04 Å². The molecule has 2 rings (SSSR count). The largest absolute Gasteiger partial charge is 0.261 e. The lowest BCUT2D eigenvalue weighted by Gasteiger charge is -2.29. The van der Waals surface area contributed by atoms with Gasteiger partial charge in [0.15, 0.2) is 0 Å². The van der Waals surface area contributed by atoms with Gasteiger partial charge in [-0.1, -0.05) is 12.8 Å². The third kappa shape index (κ3) is 2.48. The smallest absolute Gasteiger partial charge is 0.0187 e. The van der Waals surface area contributed by atoms with Gasteiger partial charge in [0.05, 0.1) is 0 Å². The maximum Gasteiger partial charge on any atom is 0.0187 e. The lowest BCUT2D eigenvalue weighted by molar-refractivity contribution is 0.228. The van der Waals surface area contributed by atoms with Crippen LogP contribution in [0.15, 0.2) is 0 Å². The number of hydrazine groups is 1. The zero-order valence-electron chi connectivity index (χ0n) is 9.55. The van der Waals surface area contributed by atoms with Crippen LogP contribution < -0.4 is 10.9 Å². The molecule has 2 heteroatoms. The molecule has 0 aliphatic heterocycles. The summed E-state index contributed by atoms with van der Waals surface area (Å²) in [6.45, 7) is 2.28. The molecular weight excluding hydrogens is 172 g/mol. The van der Waals surface area contributed by atoms with E-state index < -0.39 is 0 Å². The molecule has 2 fully saturated rings. The first kappa shape index (κ1) is 10.4. The molecule has 14 heavy (non-hydrogen) atoms. The molecule has 2 N–H and O–H groups in total. The highest BCUT2D eigenvalue weighted by Crippen LogP contribution is 2.45. The van der Waals surface area contributed by atoms with Gasteiger partial charge in [-0.25, -0.2) is 0 Å². The van der Waals surface area contributed by atoms with Gasteiger partial charge in [-0.2, -0.15) is 0 Å². The average molecular weight is 196 g/mol. The topological polar surface area (TPSA) is 24.1 Å². The van der Waals surface area contributed by atoms with E-state index in [0.29, 0.717) is 6.04 Å². The Bertz CT molecular complexity index is 169. The highest BCUT2D eigenvalue weighted by atomic mass is 15.3. The molecule has 0 heterocycles. The summed E-state index contributed by atoms with van der Waals surface area (Å²) in [5.74, 6) is 3.16. The van der Waals surface area contributed by atoms with E-state index in [4.69, 9.17) is 0 Å². The molecule has 2 bridgehead atoms. The second-order valence-corrected chi connectivity index (χ2v) is 5.41. The molecule has 0 spiro atoms. The molecular formula is C12H24N2. The summed E-state index contributed by atoms with van der Waals surface area (Å²) in [5, 5.41) is 0. The fourth-order valence-electron chi connectivity index (χ4n) is 3.64. The Morgan fingerprint density at radius 1 is 1.14 bits per heavy atom. The van der Waals surface area contributed by atoms with Crippen molar-refractivity contribution in [3.63, 3.8) is 0 Å². The fraction of sp³-hybridized carbons (Fsp3) is 1.00. The molecule has 2 aliphatic carbocycles. The third-order valence-electron chi connectivity index (χ3n) is 4.06. The molecule has 0 aromatic rings. The van der Waals surface area contributed by atoms with Gasteiger partial charge >= 0.3 is 0 Å². The summed E-state index contributed by atoms with van der Waals surface area (Å²) in [7, 11) is 1.96. The summed E-state index contributed by atoms with van der Waals surface area (Å²) < 4.78 is 0. The summed E-state index contributed by atoms with van der Waals surface area (Å²) in [6.07, 6.45) is 8.96. The molecule has 2 saturated carbocycles. The van der Waals surface area contributed by atoms with Crippen molar-refractivity contribution < 1.29 is 0 Å². The van der Waals surface area contributed by atoms with E-state index in [9.17, 15) is 0 Å². The number of hydrogen-bond donors (Lipinski definition) is 2. The maximum atomic E-state index is 3.29. The van der Waals surface area contributed by atoms with E-state index in [0.717, 1.165) is 17.8 Å². The second kappa shape index (κ2) is 4.63. The predicted octanol–water partition coefficient (Wildman–Crippen LogP) is 2.32. The van der Waals surface area contributed by atoms with Crippen molar-refractivity contribution >= 4 is 0 Å². The van der Waals surface area contributed by atoms with Crippen LogP contribution in [0.3, 0.4) is 0 Å². The normalized spacial score (nSPS) is 38.6. The van der Waals surface area contributed by atoms with E-state index in [2.05, 4.69) is 17.8 Å². The van der Waals surface area contributed by atoms with Crippen LogP contribution in [-0.2, 0) is 0 Å². The van der Waals surface area contributed by atoms with E-state index in [1.54, 1.807) is 6.42 Å². The number of fused-ring (bicyclic) bond motifs is 2. The van der Waals surface area contributed by atoms with Crippen molar-refractivity contribution in [2.24, 2.45) is 17.8 Å². The summed E-state index contributed by atoms with van der Waals surface area (Å²) in [4.78, 5) is 0. The maximum absolute atomic E-state index is 3.29. The van der Waals surface area contributed by atoms with Crippen LogP contribution in [0.1, 0.15) is 45.4 Å². The van der Waals surface area contributed by atoms with Crippen molar-refractivity contribution in [2.45, 2.75) is 51.5 Å². The lowest BCUT2D eigenvalue weighted by Crippen LogP contribution is -2.38. The number of hydrogen-bond acceptors (Lipinski definition) is 2. The quantitative estimate of drug-likeness (QED) is 0.674. The number of nitrogens with one attached hydrogen (secondary N) is 2. The van der Waals surface area contributed by atoms with Crippen LogP contribution in [-0.4, -0.2) is 13.1 Å². The molecule has 2 nitrogen and oxygen atoms in total. The van der Waals surface area contributed by atoms with Gasteiger partial charge in [0.2, 0.25) is 0 Å². The highest BCUT2D eigenvalue weighted by molar-refractivity contribution is 4.86. The van der Waals surface area contributed by atoms with Crippen LogP contribution in [0.4, 0.5) is 0 Å². The number of rotatable bonds is 4. The zero-order valence-corrected chi connectivity index (χ0v) is 9.55. The SMILES string of the molecule is CNNC(C)CC1CC2CCC(C2)C1. The Balaban J connectivity index is 1.76. The standard InChI is InChI=1S/C12H24N2/c1-9(14-13-2)5-12-7-10-3-4-11(6-10)8-12/h9-14H,3-8H2,1-2H3. The van der Waals surface area contributed by atoms with Crippen molar-refractivity contribution in [2.75, 3.05) is 7.05 Å². The molecule has 3 atom stereocenters. The van der Waals surface area contributed by atoms with Crippen molar-refractivity contribution in [3.05, 3.63) is 0 Å². The Labute approximate surface area is 87.8 Å². The highest BCUT2D eigenvalue weighted by Gasteiger charge is 2.34. The van der Waals surface area contributed by atoms with Gasteiger partial charge < -0.3 is 0 Å². The van der Waals surface area contributed by atoms with Gasteiger partial charge in [0.25, 0.3) is 0 Å². The Morgan fingerprint density at radius 3 is 2.36 bits per heavy atom. The van der Waals surface area contributed by atoms with Crippen LogP contribution in [0, 0.1) is 17.8 Å². The first-order chi connectivity index (χ1) is 6.78. The second-order valence-electron chi connectivity index (χ2n) is 5.41. The van der Waals surface area contributed by atoms with E-state index in [1.807, 2.05) is 7.05 Å². The van der Waals surface area contributed by atoms with Gasteiger partial charge in [-0.15, -0.1) is 0 Å². The molecule has 82 valence electrons. The van der Waals surface area contributed by atoms with Crippen LogP contribution in [0.25, 0.3) is 0 Å². The molecule has 0 radical (unpaired) electrons. The first-order valence-corrected chi connectivity index (χ1v) is 6.20.